The number of aromatic nitrogens is 3. The van der Waals surface area contributed by atoms with Gasteiger partial charge in [0.15, 0.2) is 5.16 Å². The number of carbonyl (C=O) groups excluding carboxylic acids is 2. The summed E-state index contributed by atoms with van der Waals surface area (Å²) in [6, 6.07) is 11.2. The van der Waals surface area contributed by atoms with Crippen LogP contribution in [0.2, 0.25) is 0 Å². The molecule has 0 unspecified atom stereocenters. The first-order valence-electron chi connectivity index (χ1n) is 10.4. The molecular formula is C23H25BrFN5O2S. The summed E-state index contributed by atoms with van der Waals surface area (Å²) >= 11 is 4.77. The van der Waals surface area contributed by atoms with Crippen molar-refractivity contribution in [3.05, 3.63) is 69.7 Å². The number of hydrogen-bond donors (Lipinski definition) is 2. The number of anilines is 1. The van der Waals surface area contributed by atoms with Crippen LogP contribution in [0.3, 0.4) is 0 Å². The first-order chi connectivity index (χ1) is 15.7. The van der Waals surface area contributed by atoms with Crippen LogP contribution in [0.5, 0.6) is 0 Å². The molecule has 7 nitrogen and oxygen atoms in total. The highest BCUT2D eigenvalue weighted by Gasteiger charge is 2.14. The van der Waals surface area contributed by atoms with Gasteiger partial charge in [0.25, 0.3) is 5.91 Å². The maximum atomic E-state index is 13.0. The zero-order valence-corrected chi connectivity index (χ0v) is 21.0. The zero-order valence-electron chi connectivity index (χ0n) is 18.6. The lowest BCUT2D eigenvalue weighted by Crippen LogP contribution is -2.26. The summed E-state index contributed by atoms with van der Waals surface area (Å²) in [6.45, 7) is 4.51. The highest BCUT2D eigenvalue weighted by Crippen LogP contribution is 2.28. The van der Waals surface area contributed by atoms with E-state index in [1.807, 2.05) is 25.2 Å². The largest absolute Gasteiger partial charge is 0.352 e. The third-order valence-corrected chi connectivity index (χ3v) is 6.42. The quantitative estimate of drug-likeness (QED) is 0.394. The SMILES string of the molecule is CC(C)c1cc(Br)ccc1NC(=O)CSc1nnc(CCNC(=O)c2ccc(F)cc2)n1C. The fraction of sp³-hybridized carbons (Fsp3) is 0.304. The molecule has 1 heterocycles. The van der Waals surface area contributed by atoms with E-state index in [0.717, 1.165) is 15.7 Å². The summed E-state index contributed by atoms with van der Waals surface area (Å²) in [4.78, 5) is 24.6. The fourth-order valence-corrected chi connectivity index (χ4v) is 4.23. The molecule has 1 aromatic heterocycles. The van der Waals surface area contributed by atoms with Crippen LogP contribution in [0.15, 0.2) is 52.1 Å². The van der Waals surface area contributed by atoms with Gasteiger partial charge >= 0.3 is 0 Å². The van der Waals surface area contributed by atoms with E-state index in [1.165, 1.54) is 36.0 Å². The van der Waals surface area contributed by atoms with E-state index in [1.54, 1.807) is 4.57 Å². The Bertz CT molecular complexity index is 1130. The molecule has 0 aliphatic heterocycles. The predicted octanol–water partition coefficient (Wildman–Crippen LogP) is 4.54. The van der Waals surface area contributed by atoms with Crippen molar-refractivity contribution in [3.63, 3.8) is 0 Å². The minimum Gasteiger partial charge on any atom is -0.352 e. The Labute approximate surface area is 204 Å². The van der Waals surface area contributed by atoms with Crippen molar-refractivity contribution >= 4 is 45.2 Å². The Morgan fingerprint density at radius 3 is 2.58 bits per heavy atom. The summed E-state index contributed by atoms with van der Waals surface area (Å²) in [5, 5.41) is 14.7. The molecule has 0 atom stereocenters. The molecule has 3 aromatic rings. The Morgan fingerprint density at radius 2 is 1.88 bits per heavy atom. The van der Waals surface area contributed by atoms with E-state index in [-0.39, 0.29) is 29.3 Å². The van der Waals surface area contributed by atoms with E-state index in [2.05, 4.69) is 50.6 Å². The van der Waals surface area contributed by atoms with Gasteiger partial charge in [-0.2, -0.15) is 0 Å². The molecule has 2 aromatic carbocycles. The number of amides is 2. The lowest BCUT2D eigenvalue weighted by molar-refractivity contribution is -0.113. The maximum Gasteiger partial charge on any atom is 0.251 e. The van der Waals surface area contributed by atoms with E-state index >= 15 is 0 Å². The van der Waals surface area contributed by atoms with Gasteiger partial charge in [-0.3, -0.25) is 9.59 Å². The van der Waals surface area contributed by atoms with Gasteiger partial charge < -0.3 is 15.2 Å². The number of thioether (sulfide) groups is 1. The van der Waals surface area contributed by atoms with Crippen molar-refractivity contribution in [2.75, 3.05) is 17.6 Å². The summed E-state index contributed by atoms with van der Waals surface area (Å²) < 4.78 is 15.8. The topological polar surface area (TPSA) is 88.9 Å². The third-order valence-electron chi connectivity index (χ3n) is 4.91. The van der Waals surface area contributed by atoms with Crippen LogP contribution in [0.25, 0.3) is 0 Å². The van der Waals surface area contributed by atoms with E-state index < -0.39 is 0 Å². The Morgan fingerprint density at radius 1 is 1.15 bits per heavy atom. The molecule has 174 valence electrons. The van der Waals surface area contributed by atoms with Gasteiger partial charge in [0.2, 0.25) is 5.91 Å². The first-order valence-corrected chi connectivity index (χ1v) is 12.2. The molecule has 0 bridgehead atoms. The van der Waals surface area contributed by atoms with Gasteiger partial charge in [0.05, 0.1) is 5.75 Å². The van der Waals surface area contributed by atoms with Gasteiger partial charge in [-0.15, -0.1) is 10.2 Å². The number of halogens is 2. The number of rotatable bonds is 9. The lowest BCUT2D eigenvalue weighted by atomic mass is 10.0. The summed E-state index contributed by atoms with van der Waals surface area (Å²) in [7, 11) is 1.82. The molecule has 3 rings (SSSR count). The van der Waals surface area contributed by atoms with Crippen LogP contribution >= 0.6 is 27.7 Å². The molecule has 2 amide bonds. The van der Waals surface area contributed by atoms with Crippen molar-refractivity contribution < 1.29 is 14.0 Å². The molecule has 0 aliphatic carbocycles. The number of nitrogens with one attached hydrogen (secondary N) is 2. The fourth-order valence-electron chi connectivity index (χ4n) is 3.12. The number of carbonyl (C=O) groups is 2. The summed E-state index contributed by atoms with van der Waals surface area (Å²) in [5.74, 6) is 0.364. The minimum absolute atomic E-state index is 0.125. The molecule has 0 saturated heterocycles. The van der Waals surface area contributed by atoms with Crippen molar-refractivity contribution in [1.82, 2.24) is 20.1 Å². The lowest BCUT2D eigenvalue weighted by Gasteiger charge is -2.14. The van der Waals surface area contributed by atoms with Gasteiger partial charge in [-0.25, -0.2) is 4.39 Å². The van der Waals surface area contributed by atoms with Crippen molar-refractivity contribution in [3.8, 4) is 0 Å². The van der Waals surface area contributed by atoms with Crippen LogP contribution in [-0.2, 0) is 18.3 Å². The molecule has 10 heteroatoms. The Balaban J connectivity index is 1.50. The second kappa shape index (κ2) is 11.4. The van der Waals surface area contributed by atoms with Crippen LogP contribution in [0, 0.1) is 5.82 Å². The van der Waals surface area contributed by atoms with Crippen LogP contribution in [0.4, 0.5) is 10.1 Å². The second-order valence-corrected chi connectivity index (χ2v) is 9.55. The number of benzene rings is 2. The number of hydrogen-bond acceptors (Lipinski definition) is 5. The average Bonchev–Trinajstić information content (AvgIpc) is 3.13. The zero-order chi connectivity index (χ0) is 24.0. The van der Waals surface area contributed by atoms with Gasteiger partial charge in [0.1, 0.15) is 11.6 Å². The maximum absolute atomic E-state index is 13.0. The third kappa shape index (κ3) is 6.88. The van der Waals surface area contributed by atoms with Crippen molar-refractivity contribution in [2.45, 2.75) is 31.3 Å². The molecule has 2 N–H and O–H groups in total. The number of nitrogens with zero attached hydrogens (tertiary/aromatic N) is 3. The van der Waals surface area contributed by atoms with Gasteiger partial charge in [-0.05, 0) is 53.9 Å². The van der Waals surface area contributed by atoms with Crippen LogP contribution in [0.1, 0.15) is 41.5 Å². The molecule has 0 spiro atoms. The van der Waals surface area contributed by atoms with E-state index in [9.17, 15) is 14.0 Å². The van der Waals surface area contributed by atoms with Gasteiger partial charge in [0, 0.05) is 35.7 Å². The molecule has 0 saturated carbocycles. The second-order valence-electron chi connectivity index (χ2n) is 7.69. The summed E-state index contributed by atoms with van der Waals surface area (Å²) in [5.41, 5.74) is 2.25. The molecule has 0 radical (unpaired) electrons. The highest BCUT2D eigenvalue weighted by atomic mass is 79.9. The summed E-state index contributed by atoms with van der Waals surface area (Å²) in [6.07, 6.45) is 0.472. The molecule has 0 fully saturated rings. The molecular weight excluding hydrogens is 509 g/mol. The highest BCUT2D eigenvalue weighted by molar-refractivity contribution is 9.10. The minimum atomic E-state index is -0.387. The molecule has 0 aliphatic rings. The van der Waals surface area contributed by atoms with Crippen molar-refractivity contribution in [2.24, 2.45) is 7.05 Å². The Kier molecular flexibility index (Phi) is 8.62. The Hall–Kier alpha value is -2.72. The molecule has 33 heavy (non-hydrogen) atoms. The average molecular weight is 534 g/mol. The normalized spacial score (nSPS) is 11.0. The smallest absolute Gasteiger partial charge is 0.251 e. The van der Waals surface area contributed by atoms with E-state index in [4.69, 9.17) is 0 Å². The first kappa shape index (κ1) is 24.9. The van der Waals surface area contributed by atoms with Crippen LogP contribution in [-0.4, -0.2) is 38.9 Å². The van der Waals surface area contributed by atoms with Gasteiger partial charge in [-0.1, -0.05) is 41.5 Å². The van der Waals surface area contributed by atoms with E-state index in [0.29, 0.717) is 29.5 Å². The monoisotopic (exact) mass is 533 g/mol. The predicted molar refractivity (Wildman–Crippen MR) is 131 cm³/mol. The standard InChI is InChI=1S/C23H25BrFN5O2S/c1-14(2)18-12-16(24)6-9-19(18)27-21(31)13-33-23-29-28-20(30(23)3)10-11-26-22(32)15-4-7-17(25)8-5-15/h4-9,12,14H,10-11,13H2,1-3H3,(H,26,32)(H,27,31). The van der Waals surface area contributed by atoms with Crippen molar-refractivity contribution in [1.29, 1.82) is 0 Å². The van der Waals surface area contributed by atoms with Crippen LogP contribution < -0.4 is 10.6 Å².